The Morgan fingerprint density at radius 3 is 2.08 bits per heavy atom. The Bertz CT molecular complexity index is 1400. The highest BCUT2D eigenvalue weighted by atomic mass is 19.4. The molecule has 0 spiro atoms. The van der Waals surface area contributed by atoms with Crippen molar-refractivity contribution >= 4 is 5.97 Å². The number of hydroxylamine groups is 2. The number of rotatable bonds is 6. The Labute approximate surface area is 212 Å². The molecule has 0 aliphatic carbocycles. The molecule has 2 aromatic carbocycles. The van der Waals surface area contributed by atoms with Crippen LogP contribution in [0.2, 0.25) is 0 Å². The zero-order valence-corrected chi connectivity index (χ0v) is 19.6. The fraction of sp³-hybridized carbons (Fsp3) is 0.154. The number of halogens is 6. The first kappa shape index (κ1) is 26.7. The summed E-state index contributed by atoms with van der Waals surface area (Å²) >= 11 is 0. The Balaban J connectivity index is 1.62. The Hall–Kier alpha value is -4.32. The average molecular weight is 532 g/mol. The number of pyridine rings is 1. The van der Waals surface area contributed by atoms with Crippen molar-refractivity contribution < 1.29 is 36.0 Å². The van der Waals surface area contributed by atoms with Gasteiger partial charge in [-0.1, -0.05) is 30.3 Å². The summed E-state index contributed by atoms with van der Waals surface area (Å²) in [5, 5.41) is 0.835. The highest BCUT2D eigenvalue weighted by molar-refractivity contribution is 5.96. The van der Waals surface area contributed by atoms with Crippen LogP contribution in [0, 0.1) is 0 Å². The summed E-state index contributed by atoms with van der Waals surface area (Å²) in [7, 11) is 1.21. The largest absolute Gasteiger partial charge is 0.416 e. The summed E-state index contributed by atoms with van der Waals surface area (Å²) in [6, 6.07) is 13.2. The molecule has 6 nitrogen and oxygen atoms in total. The van der Waals surface area contributed by atoms with Crippen molar-refractivity contribution in [3.8, 4) is 22.6 Å². The first-order valence-electron chi connectivity index (χ1n) is 11.0. The van der Waals surface area contributed by atoms with E-state index in [1.54, 1.807) is 54.9 Å². The summed E-state index contributed by atoms with van der Waals surface area (Å²) in [6.07, 6.45) is -5.64. The fourth-order valence-electron chi connectivity index (χ4n) is 3.57. The van der Waals surface area contributed by atoms with Gasteiger partial charge in [0.1, 0.15) is 5.56 Å². The van der Waals surface area contributed by atoms with Gasteiger partial charge in [0.25, 0.3) is 0 Å². The van der Waals surface area contributed by atoms with Gasteiger partial charge in [-0.2, -0.15) is 26.3 Å². The van der Waals surface area contributed by atoms with Crippen molar-refractivity contribution in [3.63, 3.8) is 0 Å². The molecule has 38 heavy (non-hydrogen) atoms. The minimum atomic E-state index is -5.00. The van der Waals surface area contributed by atoms with Gasteiger partial charge in [0.2, 0.25) is 0 Å². The maximum absolute atomic E-state index is 13.2. The lowest BCUT2D eigenvalue weighted by molar-refractivity contribution is -0.143. The highest BCUT2D eigenvalue weighted by Gasteiger charge is 2.37. The zero-order chi connectivity index (χ0) is 27.5. The van der Waals surface area contributed by atoms with Crippen LogP contribution in [0.4, 0.5) is 26.3 Å². The van der Waals surface area contributed by atoms with E-state index in [0.717, 1.165) is 5.06 Å². The van der Waals surface area contributed by atoms with Crippen LogP contribution in [-0.4, -0.2) is 33.0 Å². The lowest BCUT2D eigenvalue weighted by atomic mass is 10.0. The van der Waals surface area contributed by atoms with E-state index < -0.39 is 36.0 Å². The number of nitrogens with zero attached hydrogens (tertiary/aromatic N) is 4. The number of hydrogen-bond acceptors (Lipinski definition) is 6. The van der Waals surface area contributed by atoms with Gasteiger partial charge in [0.15, 0.2) is 5.82 Å². The van der Waals surface area contributed by atoms with E-state index in [1.807, 2.05) is 0 Å². The second-order valence-electron chi connectivity index (χ2n) is 8.14. The Morgan fingerprint density at radius 2 is 1.50 bits per heavy atom. The van der Waals surface area contributed by atoms with Crippen molar-refractivity contribution in [2.75, 3.05) is 7.05 Å². The monoisotopic (exact) mass is 532 g/mol. The predicted octanol–water partition coefficient (Wildman–Crippen LogP) is 6.45. The van der Waals surface area contributed by atoms with E-state index in [0.29, 0.717) is 23.3 Å². The molecule has 196 valence electrons. The molecule has 0 radical (unpaired) electrons. The molecule has 0 aliphatic heterocycles. The van der Waals surface area contributed by atoms with E-state index in [-0.39, 0.29) is 28.7 Å². The average Bonchev–Trinajstić information content (AvgIpc) is 2.88. The zero-order valence-electron chi connectivity index (χ0n) is 19.6. The van der Waals surface area contributed by atoms with Crippen molar-refractivity contribution in [3.05, 3.63) is 102 Å². The predicted molar refractivity (Wildman–Crippen MR) is 124 cm³/mol. The first-order chi connectivity index (χ1) is 17.9. The third-order valence-electron chi connectivity index (χ3n) is 5.27. The first-order valence-corrected chi connectivity index (χ1v) is 11.0. The summed E-state index contributed by atoms with van der Waals surface area (Å²) in [5.74, 6) is -0.669. The molecule has 12 heteroatoms. The van der Waals surface area contributed by atoms with Gasteiger partial charge < -0.3 is 4.84 Å². The molecule has 0 fully saturated rings. The molecule has 0 aliphatic rings. The van der Waals surface area contributed by atoms with Gasteiger partial charge in [-0.3, -0.25) is 4.98 Å². The second-order valence-corrected chi connectivity index (χ2v) is 8.14. The van der Waals surface area contributed by atoms with Crippen molar-refractivity contribution in [2.45, 2.75) is 18.9 Å². The van der Waals surface area contributed by atoms with E-state index in [1.165, 1.54) is 13.2 Å². The summed E-state index contributed by atoms with van der Waals surface area (Å²) < 4.78 is 79.1. The molecule has 0 N–H and O–H groups in total. The lowest BCUT2D eigenvalue weighted by Crippen LogP contribution is -2.24. The van der Waals surface area contributed by atoms with E-state index in [4.69, 9.17) is 4.84 Å². The number of aromatic nitrogens is 3. The molecule has 4 aromatic rings. The van der Waals surface area contributed by atoms with Gasteiger partial charge in [0, 0.05) is 36.8 Å². The maximum atomic E-state index is 13.2. The standard InChI is InChI=1S/C26H18F6N4O2/c1-36(15-16-10-19(25(27,28)29)12-20(11-16)26(30,31)32)38-24(37)21-14-34-23(18-8-5-9-33-13-18)35-22(21)17-6-3-2-4-7-17/h2-14H,15H2,1H3. The van der Waals surface area contributed by atoms with Crippen LogP contribution < -0.4 is 0 Å². The molecular weight excluding hydrogens is 514 g/mol. The third kappa shape index (κ3) is 6.32. The smallest absolute Gasteiger partial charge is 0.364 e. The van der Waals surface area contributed by atoms with Gasteiger partial charge in [-0.25, -0.2) is 14.8 Å². The van der Waals surface area contributed by atoms with Crippen molar-refractivity contribution in [2.24, 2.45) is 0 Å². The molecule has 0 atom stereocenters. The van der Waals surface area contributed by atoms with E-state index in [9.17, 15) is 31.1 Å². The number of benzene rings is 2. The van der Waals surface area contributed by atoms with Gasteiger partial charge in [-0.05, 0) is 35.9 Å². The number of carbonyl (C=O) groups is 1. The summed E-state index contributed by atoms with van der Waals surface area (Å²) in [6.45, 7) is -0.548. The molecule has 2 aromatic heterocycles. The molecule has 0 bridgehead atoms. The van der Waals surface area contributed by atoms with Crippen LogP contribution in [0.3, 0.4) is 0 Å². The second kappa shape index (κ2) is 10.6. The third-order valence-corrected chi connectivity index (χ3v) is 5.27. The van der Waals surface area contributed by atoms with Gasteiger partial charge in [-0.15, -0.1) is 5.06 Å². The van der Waals surface area contributed by atoms with Crippen molar-refractivity contribution in [1.29, 1.82) is 0 Å². The number of carbonyl (C=O) groups excluding carboxylic acids is 1. The molecule has 4 rings (SSSR count). The Morgan fingerprint density at radius 1 is 0.868 bits per heavy atom. The highest BCUT2D eigenvalue weighted by Crippen LogP contribution is 2.36. The molecule has 2 heterocycles. The van der Waals surface area contributed by atoms with Crippen LogP contribution in [0.1, 0.15) is 27.0 Å². The van der Waals surface area contributed by atoms with Crippen LogP contribution >= 0.6 is 0 Å². The Kier molecular flexibility index (Phi) is 7.44. The quantitative estimate of drug-likeness (QED) is 0.210. The van der Waals surface area contributed by atoms with E-state index >= 15 is 0 Å². The van der Waals surface area contributed by atoms with Crippen LogP contribution in [-0.2, 0) is 23.7 Å². The number of hydrogen-bond donors (Lipinski definition) is 0. The van der Waals surface area contributed by atoms with Crippen LogP contribution in [0.25, 0.3) is 22.6 Å². The van der Waals surface area contributed by atoms with Gasteiger partial charge in [0.05, 0.1) is 23.4 Å². The molecule has 0 amide bonds. The maximum Gasteiger partial charge on any atom is 0.416 e. The minimum absolute atomic E-state index is 0.0306. The molecule has 0 saturated heterocycles. The van der Waals surface area contributed by atoms with Crippen LogP contribution in [0.15, 0.2) is 79.3 Å². The van der Waals surface area contributed by atoms with Gasteiger partial charge >= 0.3 is 18.3 Å². The summed E-state index contributed by atoms with van der Waals surface area (Å²) in [4.78, 5) is 31.0. The summed E-state index contributed by atoms with van der Waals surface area (Å²) in [5.41, 5.74) is -1.98. The minimum Gasteiger partial charge on any atom is -0.364 e. The molecule has 0 unspecified atom stereocenters. The van der Waals surface area contributed by atoms with Crippen LogP contribution in [0.5, 0.6) is 0 Å². The number of alkyl halides is 6. The normalized spacial score (nSPS) is 12.0. The molecule has 0 saturated carbocycles. The van der Waals surface area contributed by atoms with E-state index in [2.05, 4.69) is 15.0 Å². The lowest BCUT2D eigenvalue weighted by Gasteiger charge is -2.19. The molecular formula is C26H18F6N4O2. The fourth-order valence-corrected chi connectivity index (χ4v) is 3.57. The van der Waals surface area contributed by atoms with Crippen molar-refractivity contribution in [1.82, 2.24) is 20.0 Å². The SMILES string of the molecule is CN(Cc1cc(C(F)(F)F)cc(C(F)(F)F)c1)OC(=O)c1cnc(-c2cccnc2)nc1-c1ccccc1. The topological polar surface area (TPSA) is 68.2 Å².